The Balaban J connectivity index is 1.54. The van der Waals surface area contributed by atoms with Crippen LogP contribution in [-0.2, 0) is 28.8 Å². The summed E-state index contributed by atoms with van der Waals surface area (Å²) in [4.78, 5) is 58.9. The summed E-state index contributed by atoms with van der Waals surface area (Å²) in [6.07, 6.45) is -7.37. The molecular weight excluding hydrogens is 656 g/mol. The van der Waals surface area contributed by atoms with E-state index < -0.39 is 125 Å². The van der Waals surface area contributed by atoms with E-state index in [0.29, 0.717) is 5.06 Å². The van der Waals surface area contributed by atoms with Crippen LogP contribution >= 0.6 is 0 Å². The maximum absolute atomic E-state index is 14.1. The van der Waals surface area contributed by atoms with Crippen LogP contribution in [0.5, 0.6) is 5.75 Å². The first-order valence-electron chi connectivity index (χ1n) is 15.0. The standard InChI is InChI=1S/C30H38N4O15/c1-9-10-5-6-11(32-13(36)7-34(48-4)30(47)27(44)21(38)12(35)8-49-30)20(37)15(10)22(39)16-14(9)23(40)18-19(33(2)3)24(41)17(28(31)45)26(43)29(18,46)25(16)42/h5-6,9,12,14,18-19,21,23,27,35,37-40,43-44,46-47H,7-8H2,1-4H3,(H2,31,45)(H,32,36)/t9-,12+,14+,18+,19-,21-,23-,27+,29-,30-/m0/s1. The molecule has 19 heteroatoms. The summed E-state index contributed by atoms with van der Waals surface area (Å²) in [7, 11) is 3.79. The average molecular weight is 695 g/mol. The monoisotopic (exact) mass is 694 g/mol. The predicted molar refractivity (Wildman–Crippen MR) is 162 cm³/mol. The summed E-state index contributed by atoms with van der Waals surface area (Å²) in [6.45, 7) is 0.00171. The van der Waals surface area contributed by atoms with Crippen molar-refractivity contribution in [1.29, 1.82) is 0 Å². The molecule has 0 aromatic heterocycles. The number of ketones is 2. The number of primary amides is 1. The zero-order valence-corrected chi connectivity index (χ0v) is 26.6. The molecule has 5 rings (SSSR count). The number of phenolic OH excluding ortho intramolecular Hbond substituents is 1. The van der Waals surface area contributed by atoms with E-state index in [-0.39, 0.29) is 16.8 Å². The molecule has 2 fully saturated rings. The first-order valence-corrected chi connectivity index (χ1v) is 15.0. The van der Waals surface area contributed by atoms with Gasteiger partial charge in [-0.05, 0) is 31.6 Å². The quantitative estimate of drug-likeness (QED) is 0.0562. The zero-order chi connectivity index (χ0) is 36.7. The minimum absolute atomic E-state index is 0.180. The van der Waals surface area contributed by atoms with Gasteiger partial charge in [-0.2, -0.15) is 0 Å². The molecule has 1 aromatic carbocycles. The van der Waals surface area contributed by atoms with Crippen LogP contribution in [0, 0.1) is 11.8 Å². The number of Topliss-reactive ketones (excluding diaryl/α,β-unsaturated/α-hetero) is 2. The molecule has 1 saturated carbocycles. The van der Waals surface area contributed by atoms with Crippen LogP contribution < -0.4 is 11.1 Å². The van der Waals surface area contributed by atoms with Crippen molar-refractivity contribution in [3.05, 3.63) is 40.2 Å². The van der Waals surface area contributed by atoms with Gasteiger partial charge < -0.3 is 61.7 Å². The number of ether oxygens (including phenoxy) is 1. The van der Waals surface area contributed by atoms with Gasteiger partial charge in [0.05, 0.1) is 43.0 Å². The molecule has 2 amide bonds. The van der Waals surface area contributed by atoms with Gasteiger partial charge in [-0.1, -0.05) is 13.0 Å². The van der Waals surface area contributed by atoms with E-state index in [2.05, 4.69) is 5.32 Å². The molecule has 268 valence electrons. The van der Waals surface area contributed by atoms with Crippen molar-refractivity contribution in [2.24, 2.45) is 17.6 Å². The fraction of sp³-hybridized carbons (Fsp3) is 0.533. The number of carbonyl (C=O) groups excluding carboxylic acids is 4. The van der Waals surface area contributed by atoms with Crippen LogP contribution in [0.2, 0.25) is 0 Å². The molecule has 1 aromatic rings. The van der Waals surface area contributed by atoms with Crippen molar-refractivity contribution in [2.45, 2.75) is 54.8 Å². The number of anilines is 1. The smallest absolute Gasteiger partial charge is 0.280 e. The molecule has 1 aliphatic heterocycles. The van der Waals surface area contributed by atoms with E-state index >= 15 is 0 Å². The van der Waals surface area contributed by atoms with Gasteiger partial charge in [0.2, 0.25) is 11.7 Å². The van der Waals surface area contributed by atoms with Crippen molar-refractivity contribution in [3.8, 4) is 5.75 Å². The summed E-state index contributed by atoms with van der Waals surface area (Å²) in [5, 5.41) is 101. The summed E-state index contributed by atoms with van der Waals surface area (Å²) in [6, 6.07) is 1.09. The van der Waals surface area contributed by atoms with Crippen molar-refractivity contribution in [3.63, 3.8) is 0 Å². The molecule has 3 aliphatic carbocycles. The molecule has 1 saturated heterocycles. The van der Waals surface area contributed by atoms with E-state index in [1.54, 1.807) is 0 Å². The lowest BCUT2D eigenvalue weighted by atomic mass is 9.54. The molecule has 1 heterocycles. The number of nitrogens with one attached hydrogen (secondary N) is 1. The minimum Gasteiger partial charge on any atom is -0.508 e. The molecule has 0 bridgehead atoms. The van der Waals surface area contributed by atoms with Gasteiger partial charge in [0, 0.05) is 11.5 Å². The highest BCUT2D eigenvalue weighted by Crippen LogP contribution is 2.56. The predicted octanol–water partition coefficient (Wildman–Crippen LogP) is -3.94. The van der Waals surface area contributed by atoms with Crippen molar-refractivity contribution in [1.82, 2.24) is 9.96 Å². The van der Waals surface area contributed by atoms with Crippen LogP contribution in [0.15, 0.2) is 29.0 Å². The van der Waals surface area contributed by atoms with E-state index in [0.717, 1.165) is 7.11 Å². The Bertz CT molecular complexity index is 1680. The maximum atomic E-state index is 14.1. The van der Waals surface area contributed by atoms with Crippen LogP contribution in [0.3, 0.4) is 0 Å². The summed E-state index contributed by atoms with van der Waals surface area (Å²) < 4.78 is 5.04. The van der Waals surface area contributed by atoms with Crippen LogP contribution in [0.25, 0.3) is 5.76 Å². The van der Waals surface area contributed by atoms with Crippen LogP contribution in [0.1, 0.15) is 24.0 Å². The summed E-state index contributed by atoms with van der Waals surface area (Å²) >= 11 is 0. The van der Waals surface area contributed by atoms with Gasteiger partial charge >= 0.3 is 0 Å². The third-order valence-electron chi connectivity index (χ3n) is 9.84. The highest BCUT2D eigenvalue weighted by Gasteiger charge is 2.68. The fourth-order valence-electron chi connectivity index (χ4n) is 7.39. The number of hydrogen-bond donors (Lipinski definition) is 11. The molecule has 0 spiro atoms. The normalized spacial score (nSPS) is 36.1. The van der Waals surface area contributed by atoms with E-state index in [1.807, 2.05) is 0 Å². The van der Waals surface area contributed by atoms with Gasteiger partial charge in [-0.25, -0.2) is 0 Å². The second kappa shape index (κ2) is 12.4. The van der Waals surface area contributed by atoms with Crippen molar-refractivity contribution < 1.29 is 74.7 Å². The number of carbonyl (C=O) groups is 4. The highest BCUT2D eigenvalue weighted by molar-refractivity contribution is 6.24. The number of hydroxylamine groups is 2. The Morgan fingerprint density at radius 1 is 1.08 bits per heavy atom. The lowest BCUT2D eigenvalue weighted by Crippen LogP contribution is -2.70. The Morgan fingerprint density at radius 2 is 1.71 bits per heavy atom. The van der Waals surface area contributed by atoms with Gasteiger partial charge in [-0.15, -0.1) is 5.06 Å². The highest BCUT2D eigenvalue weighted by atomic mass is 16.8. The number of rotatable bonds is 7. The van der Waals surface area contributed by atoms with Gasteiger partial charge in [0.25, 0.3) is 11.8 Å². The Hall–Kier alpha value is -4.02. The Labute approximate surface area is 277 Å². The number of phenols is 1. The van der Waals surface area contributed by atoms with E-state index in [1.165, 1.54) is 38.1 Å². The molecule has 10 atom stereocenters. The second-order valence-corrected chi connectivity index (χ2v) is 12.7. The van der Waals surface area contributed by atoms with Gasteiger partial charge in [0.15, 0.2) is 17.5 Å². The Kier molecular flexibility index (Phi) is 9.17. The van der Waals surface area contributed by atoms with E-state index in [4.69, 9.17) is 15.3 Å². The zero-order valence-electron chi connectivity index (χ0n) is 26.6. The maximum Gasteiger partial charge on any atom is 0.280 e. The molecule has 0 radical (unpaired) electrons. The van der Waals surface area contributed by atoms with Crippen molar-refractivity contribution >= 4 is 34.8 Å². The van der Waals surface area contributed by atoms with Crippen molar-refractivity contribution in [2.75, 3.05) is 39.7 Å². The molecule has 19 nitrogen and oxygen atoms in total. The number of nitrogens with two attached hydrogens (primary N) is 1. The summed E-state index contributed by atoms with van der Waals surface area (Å²) in [5.74, 6) is -14.7. The number of likely N-dealkylation sites (N-methyl/N-ethyl adjacent to an activating group) is 1. The van der Waals surface area contributed by atoms with Crippen LogP contribution in [-0.4, -0.2) is 156 Å². The molecule has 0 unspecified atom stereocenters. The van der Waals surface area contributed by atoms with Crippen LogP contribution in [0.4, 0.5) is 5.69 Å². The number of aliphatic hydroxyl groups excluding tert-OH is 6. The third-order valence-corrected chi connectivity index (χ3v) is 9.84. The third kappa shape index (κ3) is 5.12. The first kappa shape index (κ1) is 36.3. The molecule has 4 aliphatic rings. The number of hydrogen-bond acceptors (Lipinski definition) is 17. The number of aliphatic hydroxyl groups is 8. The fourth-order valence-corrected chi connectivity index (χ4v) is 7.39. The topological polar surface area (TPSA) is 313 Å². The van der Waals surface area contributed by atoms with E-state index in [9.17, 15) is 65.1 Å². The summed E-state index contributed by atoms with van der Waals surface area (Å²) in [5.41, 5.74) is -0.0304. The largest absolute Gasteiger partial charge is 0.508 e. The van der Waals surface area contributed by atoms with Gasteiger partial charge in [0.1, 0.15) is 41.6 Å². The molecule has 12 N–H and O–H groups in total. The SMILES string of the molecule is CON(CC(=O)Nc1ccc2c(c1O)C(O)=C1C(=O)[C@]3(O)C(O)=C(C(N)=O)C(=O)[C@@H](N(C)C)[C@@H]3[C@@H](O)[C@@H]1[C@H]2C)[C@@]1(O)OC[C@@H](O)[C@H](O)[C@H]1O. The number of aromatic hydroxyl groups is 1. The number of nitrogens with zero attached hydrogens (tertiary/aromatic N) is 2. The number of amides is 2. The number of fused-ring (bicyclic) bond motifs is 3. The minimum atomic E-state index is -3.11. The average Bonchev–Trinajstić information content (AvgIpc) is 3.03. The van der Waals surface area contributed by atoms with Gasteiger partial charge in [-0.3, -0.25) is 28.9 Å². The molecule has 49 heavy (non-hydrogen) atoms. The lowest BCUT2D eigenvalue weighted by molar-refractivity contribution is -0.440. The second-order valence-electron chi connectivity index (χ2n) is 12.7. The lowest BCUT2D eigenvalue weighted by Gasteiger charge is -2.53. The Morgan fingerprint density at radius 3 is 2.29 bits per heavy atom. The molecular formula is C30H38N4O15. The number of benzene rings is 1. The first-order chi connectivity index (χ1) is 22.8.